The molecule has 0 aliphatic carbocycles. The highest BCUT2D eigenvalue weighted by molar-refractivity contribution is 7.89. The molecule has 154 valence electrons. The van der Waals surface area contributed by atoms with Crippen LogP contribution in [0.2, 0.25) is 0 Å². The van der Waals surface area contributed by atoms with Gasteiger partial charge in [0.25, 0.3) is 0 Å². The molecule has 2 aromatic rings. The number of para-hydroxylation sites is 1. The van der Waals surface area contributed by atoms with Crippen molar-refractivity contribution in [3.05, 3.63) is 36.2 Å². The van der Waals surface area contributed by atoms with E-state index in [0.717, 1.165) is 12.1 Å². The molecule has 0 radical (unpaired) electrons. The first-order valence-electron chi connectivity index (χ1n) is 8.28. The second-order valence-corrected chi connectivity index (χ2v) is 7.27. The van der Waals surface area contributed by atoms with E-state index in [1.807, 2.05) is 6.92 Å². The summed E-state index contributed by atoms with van der Waals surface area (Å²) in [4.78, 5) is 7.77. The van der Waals surface area contributed by atoms with Crippen LogP contribution in [0.4, 0.5) is 24.8 Å². The van der Waals surface area contributed by atoms with E-state index in [1.165, 1.54) is 12.1 Å². The lowest BCUT2D eigenvalue weighted by atomic mass is 10.3. The minimum atomic E-state index is -5.00. The van der Waals surface area contributed by atoms with E-state index in [2.05, 4.69) is 30.1 Å². The summed E-state index contributed by atoms with van der Waals surface area (Å²) in [6.07, 6.45) is -5.00. The van der Waals surface area contributed by atoms with Crippen molar-refractivity contribution in [1.82, 2.24) is 14.7 Å². The van der Waals surface area contributed by atoms with Gasteiger partial charge in [-0.1, -0.05) is 12.1 Å². The number of nitrogens with zero attached hydrogens (tertiary/aromatic N) is 2. The molecule has 0 saturated heterocycles. The fourth-order valence-electron chi connectivity index (χ4n) is 2.26. The zero-order chi connectivity index (χ0) is 20.8. The smallest absolute Gasteiger partial charge is 0.404 e. The molecule has 0 atom stereocenters. The molecule has 1 heterocycles. The van der Waals surface area contributed by atoms with Gasteiger partial charge in [-0.05, 0) is 26.0 Å². The Hall–Kier alpha value is -2.60. The van der Waals surface area contributed by atoms with Crippen LogP contribution in [0.15, 0.2) is 35.2 Å². The maximum absolute atomic E-state index is 12.5. The minimum absolute atomic E-state index is 0.0811. The molecule has 0 amide bonds. The summed E-state index contributed by atoms with van der Waals surface area (Å²) in [7, 11) is -4.20. The summed E-state index contributed by atoms with van der Waals surface area (Å²) < 4.78 is 68.0. The topological polar surface area (TPSA) is 105 Å². The van der Waals surface area contributed by atoms with E-state index in [4.69, 9.17) is 0 Å². The van der Waals surface area contributed by atoms with Gasteiger partial charge in [-0.3, -0.25) is 0 Å². The molecule has 1 aromatic carbocycles. The van der Waals surface area contributed by atoms with Gasteiger partial charge in [0, 0.05) is 25.7 Å². The molecule has 0 aliphatic heterocycles. The molecule has 2 rings (SSSR count). The van der Waals surface area contributed by atoms with E-state index in [-0.39, 0.29) is 13.1 Å². The molecule has 1 aromatic heterocycles. The van der Waals surface area contributed by atoms with Crippen molar-refractivity contribution in [2.45, 2.75) is 25.1 Å². The van der Waals surface area contributed by atoms with Crippen LogP contribution < -0.4 is 20.1 Å². The first-order valence-corrected chi connectivity index (χ1v) is 9.77. The molecule has 0 spiro atoms. The van der Waals surface area contributed by atoms with Crippen molar-refractivity contribution < 1.29 is 26.3 Å². The van der Waals surface area contributed by atoms with Crippen LogP contribution >= 0.6 is 0 Å². The summed E-state index contributed by atoms with van der Waals surface area (Å²) in [6, 6.07) is 6.19. The molecular formula is C16H20F3N5O3S. The summed E-state index contributed by atoms with van der Waals surface area (Å²) in [5.41, 5.74) is 0. The molecule has 8 nitrogen and oxygen atoms in total. The van der Waals surface area contributed by atoms with Crippen LogP contribution in [0.3, 0.4) is 0 Å². The third kappa shape index (κ3) is 6.53. The Bertz CT molecular complexity index is 907. The van der Waals surface area contributed by atoms with Gasteiger partial charge in [-0.2, -0.15) is 0 Å². The predicted octanol–water partition coefficient (Wildman–Crippen LogP) is 2.51. The predicted molar refractivity (Wildman–Crippen MR) is 97.7 cm³/mol. The number of nitrogens with one attached hydrogen (secondary N) is 3. The van der Waals surface area contributed by atoms with Crippen LogP contribution in [0, 0.1) is 6.92 Å². The Kier molecular flexibility index (Phi) is 7.02. The average molecular weight is 419 g/mol. The number of alkyl halides is 3. The molecule has 28 heavy (non-hydrogen) atoms. The van der Waals surface area contributed by atoms with E-state index in [0.29, 0.717) is 24.0 Å². The standard InChI is InChI=1S/C16H20F3N5O3S/c1-3-20-14-10-15(24-11(2)23-14)21-8-9-22-28(25,26)13-7-5-4-6-12(13)27-16(17,18)19/h4-7,10,22H,3,8-9H2,1-2H3,(H2,20,21,23,24). The molecule has 3 N–H and O–H groups in total. The highest BCUT2D eigenvalue weighted by Gasteiger charge is 2.33. The third-order valence-electron chi connectivity index (χ3n) is 3.28. The molecule has 12 heteroatoms. The van der Waals surface area contributed by atoms with Gasteiger partial charge in [0.15, 0.2) is 0 Å². The number of halogens is 3. The second-order valence-electron chi connectivity index (χ2n) is 5.54. The SMILES string of the molecule is CCNc1cc(NCCNS(=O)(=O)c2ccccc2OC(F)(F)F)nc(C)n1. The third-order valence-corrected chi connectivity index (χ3v) is 4.78. The van der Waals surface area contributed by atoms with E-state index >= 15 is 0 Å². The van der Waals surface area contributed by atoms with Crippen molar-refractivity contribution >= 4 is 21.7 Å². The maximum Gasteiger partial charge on any atom is 0.573 e. The van der Waals surface area contributed by atoms with E-state index < -0.39 is 27.0 Å². The number of ether oxygens (including phenoxy) is 1. The number of aromatic nitrogens is 2. The van der Waals surface area contributed by atoms with Gasteiger partial charge < -0.3 is 15.4 Å². The van der Waals surface area contributed by atoms with Crippen LogP contribution in [-0.4, -0.2) is 44.4 Å². The first-order chi connectivity index (χ1) is 13.1. The van der Waals surface area contributed by atoms with Gasteiger partial charge in [0.2, 0.25) is 10.0 Å². The number of anilines is 2. The maximum atomic E-state index is 12.5. The van der Waals surface area contributed by atoms with Gasteiger partial charge in [-0.25, -0.2) is 23.1 Å². The monoisotopic (exact) mass is 419 g/mol. The van der Waals surface area contributed by atoms with Gasteiger partial charge in [0.05, 0.1) is 0 Å². The van der Waals surface area contributed by atoms with Gasteiger partial charge in [-0.15, -0.1) is 13.2 Å². The lowest BCUT2D eigenvalue weighted by Gasteiger charge is -2.14. The molecule has 0 bridgehead atoms. The van der Waals surface area contributed by atoms with Gasteiger partial charge >= 0.3 is 6.36 Å². The second kappa shape index (κ2) is 9.06. The number of sulfonamides is 1. The Labute approximate surface area is 160 Å². The van der Waals surface area contributed by atoms with E-state index in [9.17, 15) is 21.6 Å². The Morgan fingerprint density at radius 3 is 2.36 bits per heavy atom. The Balaban J connectivity index is 2.00. The van der Waals surface area contributed by atoms with Crippen molar-refractivity contribution in [3.63, 3.8) is 0 Å². The lowest BCUT2D eigenvalue weighted by molar-refractivity contribution is -0.275. The Morgan fingerprint density at radius 2 is 1.71 bits per heavy atom. The molecule has 0 saturated carbocycles. The van der Waals surface area contributed by atoms with Crippen molar-refractivity contribution in [3.8, 4) is 5.75 Å². The summed E-state index contributed by atoms with van der Waals surface area (Å²) in [5, 5.41) is 5.97. The largest absolute Gasteiger partial charge is 0.573 e. The molecular weight excluding hydrogens is 399 g/mol. The zero-order valence-corrected chi connectivity index (χ0v) is 16.0. The number of rotatable bonds is 9. The molecule has 0 fully saturated rings. The summed E-state index contributed by atoms with van der Waals surface area (Å²) in [5.74, 6) is 0.844. The van der Waals surface area contributed by atoms with Crippen LogP contribution in [-0.2, 0) is 10.0 Å². The summed E-state index contributed by atoms with van der Waals surface area (Å²) >= 11 is 0. The first kappa shape index (κ1) is 21.7. The molecule has 0 unspecified atom stereocenters. The highest BCUT2D eigenvalue weighted by Crippen LogP contribution is 2.29. The van der Waals surface area contributed by atoms with Crippen molar-refractivity contribution in [2.24, 2.45) is 0 Å². The van der Waals surface area contributed by atoms with E-state index in [1.54, 1.807) is 13.0 Å². The number of benzene rings is 1. The Morgan fingerprint density at radius 1 is 1.07 bits per heavy atom. The number of aryl methyl sites for hydroxylation is 1. The normalized spacial score (nSPS) is 11.9. The average Bonchev–Trinajstić information content (AvgIpc) is 2.57. The fraction of sp³-hybridized carbons (Fsp3) is 0.375. The lowest BCUT2D eigenvalue weighted by Crippen LogP contribution is -2.30. The molecule has 0 aliphatic rings. The minimum Gasteiger partial charge on any atom is -0.404 e. The number of hydrogen-bond donors (Lipinski definition) is 3. The summed E-state index contributed by atoms with van der Waals surface area (Å²) in [6.45, 7) is 4.38. The fourth-order valence-corrected chi connectivity index (χ4v) is 3.42. The quantitative estimate of drug-likeness (QED) is 0.537. The van der Waals surface area contributed by atoms with Crippen LogP contribution in [0.1, 0.15) is 12.7 Å². The zero-order valence-electron chi connectivity index (χ0n) is 15.2. The van der Waals surface area contributed by atoms with Crippen LogP contribution in [0.5, 0.6) is 5.75 Å². The number of hydrogen-bond acceptors (Lipinski definition) is 7. The van der Waals surface area contributed by atoms with Gasteiger partial charge in [0.1, 0.15) is 28.1 Å². The highest BCUT2D eigenvalue weighted by atomic mass is 32.2. The van der Waals surface area contributed by atoms with Crippen molar-refractivity contribution in [1.29, 1.82) is 0 Å². The van der Waals surface area contributed by atoms with Crippen molar-refractivity contribution in [2.75, 3.05) is 30.3 Å². The van der Waals surface area contributed by atoms with Crippen LogP contribution in [0.25, 0.3) is 0 Å².